The van der Waals surface area contributed by atoms with Crippen molar-refractivity contribution >= 4 is 21.6 Å². The molecule has 0 saturated heterocycles. The van der Waals surface area contributed by atoms with Gasteiger partial charge in [-0.15, -0.1) is 0 Å². The highest BCUT2D eigenvalue weighted by molar-refractivity contribution is 7.89. The highest BCUT2D eigenvalue weighted by Crippen LogP contribution is 2.25. The molecule has 106 valence electrons. The van der Waals surface area contributed by atoms with Crippen molar-refractivity contribution in [3.63, 3.8) is 0 Å². The molecule has 2 atom stereocenters. The van der Waals surface area contributed by atoms with Crippen molar-refractivity contribution in [2.24, 2.45) is 5.92 Å². The van der Waals surface area contributed by atoms with E-state index in [2.05, 4.69) is 16.6 Å². The topological polar surface area (TPSA) is 59.1 Å². The number of nitrogens with one attached hydrogen (secondary N) is 1. The van der Waals surface area contributed by atoms with Crippen molar-refractivity contribution < 1.29 is 8.42 Å². The third-order valence-electron chi connectivity index (χ3n) is 3.68. The van der Waals surface area contributed by atoms with Gasteiger partial charge in [-0.1, -0.05) is 37.8 Å². The molecule has 0 amide bonds. The molecule has 1 N–H and O–H groups in total. The first-order valence-corrected chi connectivity index (χ1v) is 8.49. The highest BCUT2D eigenvalue weighted by Gasteiger charge is 2.27. The molecule has 4 nitrogen and oxygen atoms in total. The van der Waals surface area contributed by atoms with Gasteiger partial charge in [0.2, 0.25) is 10.0 Å². The second-order valence-electron chi connectivity index (χ2n) is 5.14. The lowest BCUT2D eigenvalue weighted by atomic mass is 9.98. The number of nitrogens with zero attached hydrogens (tertiary/aromatic N) is 1. The molecule has 2 unspecified atom stereocenters. The summed E-state index contributed by atoms with van der Waals surface area (Å²) in [6, 6.07) is 3.06. The first-order chi connectivity index (χ1) is 9.00. The molecule has 1 aliphatic carbocycles. The molecular weight excluding hydrogens is 284 g/mol. The van der Waals surface area contributed by atoms with E-state index in [0.29, 0.717) is 5.92 Å². The monoisotopic (exact) mass is 302 g/mol. The molecule has 1 aliphatic rings. The van der Waals surface area contributed by atoms with Gasteiger partial charge >= 0.3 is 0 Å². The Kier molecular flexibility index (Phi) is 4.81. The zero-order valence-corrected chi connectivity index (χ0v) is 12.5. The van der Waals surface area contributed by atoms with Gasteiger partial charge in [-0.2, -0.15) is 0 Å². The number of sulfonamides is 1. The van der Waals surface area contributed by atoms with Crippen LogP contribution in [0.5, 0.6) is 0 Å². The first kappa shape index (κ1) is 14.8. The average Bonchev–Trinajstić information content (AvgIpc) is 2.55. The minimum Gasteiger partial charge on any atom is -0.243 e. The lowest BCUT2D eigenvalue weighted by Crippen LogP contribution is -2.38. The van der Waals surface area contributed by atoms with E-state index in [9.17, 15) is 8.42 Å². The second kappa shape index (κ2) is 6.20. The normalized spacial score (nSPS) is 24.9. The number of aromatic nitrogens is 1. The second-order valence-corrected chi connectivity index (χ2v) is 7.18. The zero-order valence-electron chi connectivity index (χ0n) is 11.0. The molecule has 0 aliphatic heterocycles. The van der Waals surface area contributed by atoms with Gasteiger partial charge in [0.1, 0.15) is 10.0 Å². The average molecular weight is 303 g/mol. The van der Waals surface area contributed by atoms with Crippen molar-refractivity contribution in [1.29, 1.82) is 0 Å². The molecule has 0 spiro atoms. The molecule has 0 aromatic carbocycles. The van der Waals surface area contributed by atoms with Crippen molar-refractivity contribution in [3.8, 4) is 0 Å². The number of hydrogen-bond acceptors (Lipinski definition) is 3. The number of rotatable bonds is 3. The summed E-state index contributed by atoms with van der Waals surface area (Å²) in [6.07, 6.45) is 6.85. The van der Waals surface area contributed by atoms with Crippen LogP contribution in [0.2, 0.25) is 5.15 Å². The van der Waals surface area contributed by atoms with Gasteiger partial charge in [0.25, 0.3) is 0 Å². The predicted octanol–water partition coefficient (Wildman–Crippen LogP) is 2.98. The predicted molar refractivity (Wildman–Crippen MR) is 75.6 cm³/mol. The van der Waals surface area contributed by atoms with Crippen molar-refractivity contribution in [3.05, 3.63) is 23.5 Å². The van der Waals surface area contributed by atoms with E-state index >= 15 is 0 Å². The number of pyridine rings is 1. The van der Waals surface area contributed by atoms with Gasteiger partial charge in [-0.05, 0) is 30.9 Å². The van der Waals surface area contributed by atoms with E-state index in [0.717, 1.165) is 19.3 Å². The third-order valence-corrected chi connectivity index (χ3v) is 5.62. The lowest BCUT2D eigenvalue weighted by Gasteiger charge is -2.22. The van der Waals surface area contributed by atoms with Crippen LogP contribution in [-0.2, 0) is 10.0 Å². The Balaban J connectivity index is 2.19. The Bertz CT molecular complexity index is 533. The van der Waals surface area contributed by atoms with E-state index in [1.165, 1.54) is 25.1 Å². The summed E-state index contributed by atoms with van der Waals surface area (Å²) in [4.78, 5) is 3.89. The fraction of sp³-hybridized carbons (Fsp3) is 0.615. The molecule has 1 heterocycles. The van der Waals surface area contributed by atoms with E-state index in [1.807, 2.05) is 0 Å². The Morgan fingerprint density at radius 3 is 2.79 bits per heavy atom. The molecule has 0 bridgehead atoms. The smallest absolute Gasteiger partial charge is 0.243 e. The zero-order chi connectivity index (χ0) is 13.9. The SMILES string of the molecule is CC1CCCCCC1NS(=O)(=O)c1cccnc1Cl. The maximum Gasteiger partial charge on any atom is 0.243 e. The first-order valence-electron chi connectivity index (χ1n) is 6.63. The van der Waals surface area contributed by atoms with Gasteiger partial charge in [0, 0.05) is 12.2 Å². The molecule has 1 aromatic rings. The summed E-state index contributed by atoms with van der Waals surface area (Å²) in [5.74, 6) is 0.354. The molecule has 1 saturated carbocycles. The minimum absolute atomic E-state index is 0.0104. The van der Waals surface area contributed by atoms with Gasteiger partial charge in [-0.25, -0.2) is 18.1 Å². The molecule has 19 heavy (non-hydrogen) atoms. The summed E-state index contributed by atoms with van der Waals surface area (Å²) in [7, 11) is -3.58. The Morgan fingerprint density at radius 2 is 2.05 bits per heavy atom. The van der Waals surface area contributed by atoms with Crippen molar-refractivity contribution in [1.82, 2.24) is 9.71 Å². The fourth-order valence-corrected chi connectivity index (χ4v) is 4.33. The fourth-order valence-electron chi connectivity index (χ4n) is 2.50. The molecular formula is C13H19ClN2O2S. The van der Waals surface area contributed by atoms with Crippen LogP contribution >= 0.6 is 11.6 Å². The van der Waals surface area contributed by atoms with Crippen LogP contribution in [0.1, 0.15) is 39.0 Å². The van der Waals surface area contributed by atoms with Gasteiger partial charge in [-0.3, -0.25) is 0 Å². The van der Waals surface area contributed by atoms with E-state index in [-0.39, 0.29) is 16.1 Å². The van der Waals surface area contributed by atoms with Gasteiger partial charge < -0.3 is 0 Å². The third kappa shape index (κ3) is 3.68. The molecule has 6 heteroatoms. The van der Waals surface area contributed by atoms with Crippen LogP contribution in [0.3, 0.4) is 0 Å². The van der Waals surface area contributed by atoms with Crippen LogP contribution in [0, 0.1) is 5.92 Å². The number of halogens is 1. The Labute approximate surface area is 119 Å². The molecule has 1 aromatic heterocycles. The maximum absolute atomic E-state index is 12.3. The Morgan fingerprint density at radius 1 is 1.32 bits per heavy atom. The van der Waals surface area contributed by atoms with Crippen LogP contribution in [-0.4, -0.2) is 19.4 Å². The number of hydrogen-bond donors (Lipinski definition) is 1. The standard InChI is InChI=1S/C13H19ClN2O2S/c1-10-6-3-2-4-7-11(10)16-19(17,18)12-8-5-9-15-13(12)14/h5,8-11,16H,2-4,6-7H2,1H3. The minimum atomic E-state index is -3.58. The van der Waals surface area contributed by atoms with Crippen LogP contribution in [0.4, 0.5) is 0 Å². The molecule has 1 fully saturated rings. The molecule has 0 radical (unpaired) electrons. The quantitative estimate of drug-likeness (QED) is 0.690. The largest absolute Gasteiger partial charge is 0.243 e. The van der Waals surface area contributed by atoms with Crippen LogP contribution in [0.15, 0.2) is 23.2 Å². The summed E-state index contributed by atoms with van der Waals surface area (Å²) in [6.45, 7) is 2.10. The van der Waals surface area contributed by atoms with Crippen molar-refractivity contribution in [2.45, 2.75) is 50.0 Å². The maximum atomic E-state index is 12.3. The van der Waals surface area contributed by atoms with E-state index < -0.39 is 10.0 Å². The van der Waals surface area contributed by atoms with Crippen LogP contribution < -0.4 is 4.72 Å². The molecule has 2 rings (SSSR count). The van der Waals surface area contributed by atoms with Gasteiger partial charge in [0.05, 0.1) is 0 Å². The van der Waals surface area contributed by atoms with Gasteiger partial charge in [0.15, 0.2) is 0 Å². The summed E-state index contributed by atoms with van der Waals surface area (Å²) < 4.78 is 27.5. The van der Waals surface area contributed by atoms with E-state index in [4.69, 9.17) is 11.6 Å². The highest BCUT2D eigenvalue weighted by atomic mass is 35.5. The summed E-state index contributed by atoms with van der Waals surface area (Å²) >= 11 is 5.86. The summed E-state index contributed by atoms with van der Waals surface area (Å²) in [5.41, 5.74) is 0. The van der Waals surface area contributed by atoms with Crippen LogP contribution in [0.25, 0.3) is 0 Å². The van der Waals surface area contributed by atoms with Crippen molar-refractivity contribution in [2.75, 3.05) is 0 Å². The van der Waals surface area contributed by atoms with E-state index in [1.54, 1.807) is 6.07 Å². The summed E-state index contributed by atoms with van der Waals surface area (Å²) in [5, 5.41) is 0.0243. The lowest BCUT2D eigenvalue weighted by molar-refractivity contribution is 0.399. The Hall–Kier alpha value is -0.650.